The number of nitrogens with zero attached hydrogens (tertiary/aromatic N) is 1. The molecule has 0 aromatic carbocycles. The van der Waals surface area contributed by atoms with E-state index in [2.05, 4.69) is 14.0 Å². The standard InChI is InChI=1S/C10H18NO2/c1-4-11(3)7-6-9(8-11)10(12)13-5-2/h6H,4-5,7-8H2,1-3H3/q+1. The average Bonchev–Trinajstić information content (AvgIpc) is 2.50. The fourth-order valence-electron chi connectivity index (χ4n) is 1.48. The highest BCUT2D eigenvalue weighted by Crippen LogP contribution is 2.16. The Morgan fingerprint density at radius 3 is 2.77 bits per heavy atom. The van der Waals surface area contributed by atoms with Gasteiger partial charge in [0.2, 0.25) is 0 Å². The van der Waals surface area contributed by atoms with Crippen LogP contribution in [0, 0.1) is 0 Å². The van der Waals surface area contributed by atoms with Crippen molar-refractivity contribution in [2.75, 3.05) is 33.3 Å². The monoisotopic (exact) mass is 184 g/mol. The quantitative estimate of drug-likeness (QED) is 0.482. The van der Waals surface area contributed by atoms with E-state index in [0.29, 0.717) is 6.61 Å². The first-order valence-corrected chi connectivity index (χ1v) is 4.81. The van der Waals surface area contributed by atoms with Gasteiger partial charge in [-0.05, 0) is 19.9 Å². The van der Waals surface area contributed by atoms with Crippen molar-refractivity contribution in [3.05, 3.63) is 11.6 Å². The van der Waals surface area contributed by atoms with E-state index >= 15 is 0 Å². The molecule has 0 aromatic rings. The second-order valence-corrected chi connectivity index (χ2v) is 3.73. The second kappa shape index (κ2) is 3.92. The summed E-state index contributed by atoms with van der Waals surface area (Å²) >= 11 is 0. The first-order chi connectivity index (χ1) is 6.11. The Hall–Kier alpha value is -0.830. The van der Waals surface area contributed by atoms with Gasteiger partial charge in [0.1, 0.15) is 6.54 Å². The number of rotatable bonds is 3. The van der Waals surface area contributed by atoms with Crippen LogP contribution in [0.15, 0.2) is 11.6 Å². The summed E-state index contributed by atoms with van der Waals surface area (Å²) in [6, 6.07) is 0. The highest BCUT2D eigenvalue weighted by Gasteiger charge is 2.30. The minimum absolute atomic E-state index is 0.141. The third kappa shape index (κ3) is 2.31. The van der Waals surface area contributed by atoms with Gasteiger partial charge in [-0.15, -0.1) is 0 Å². The maximum atomic E-state index is 11.3. The molecule has 13 heavy (non-hydrogen) atoms. The van der Waals surface area contributed by atoms with Gasteiger partial charge in [-0.3, -0.25) is 0 Å². The van der Waals surface area contributed by atoms with Gasteiger partial charge in [0.05, 0.1) is 32.3 Å². The van der Waals surface area contributed by atoms with Crippen LogP contribution in [0.1, 0.15) is 13.8 Å². The molecular weight excluding hydrogens is 166 g/mol. The van der Waals surface area contributed by atoms with E-state index in [1.165, 1.54) is 0 Å². The molecule has 0 N–H and O–H groups in total. The summed E-state index contributed by atoms with van der Waals surface area (Å²) in [5, 5.41) is 0. The van der Waals surface area contributed by atoms with Crippen LogP contribution in [0.4, 0.5) is 0 Å². The van der Waals surface area contributed by atoms with Crippen LogP contribution < -0.4 is 0 Å². The van der Waals surface area contributed by atoms with E-state index in [1.807, 2.05) is 13.0 Å². The maximum Gasteiger partial charge on any atom is 0.339 e. The summed E-state index contributed by atoms with van der Waals surface area (Å²) in [6.07, 6.45) is 2.00. The van der Waals surface area contributed by atoms with Crippen LogP contribution in [-0.2, 0) is 9.53 Å². The number of quaternary nitrogens is 1. The molecule has 0 saturated carbocycles. The smallest absolute Gasteiger partial charge is 0.339 e. The lowest BCUT2D eigenvalue weighted by molar-refractivity contribution is -0.892. The van der Waals surface area contributed by atoms with Gasteiger partial charge in [-0.1, -0.05) is 0 Å². The van der Waals surface area contributed by atoms with E-state index in [0.717, 1.165) is 29.7 Å². The number of likely N-dealkylation sites (N-methyl/N-ethyl adjacent to an activating group) is 1. The number of esters is 1. The zero-order chi connectivity index (χ0) is 9.90. The molecule has 1 atom stereocenters. The third-order valence-electron chi connectivity index (χ3n) is 2.63. The summed E-state index contributed by atoms with van der Waals surface area (Å²) in [6.45, 7) is 7.26. The molecule has 3 nitrogen and oxygen atoms in total. The molecule has 3 heteroatoms. The minimum atomic E-state index is -0.141. The Balaban J connectivity index is 2.53. The second-order valence-electron chi connectivity index (χ2n) is 3.73. The summed E-state index contributed by atoms with van der Waals surface area (Å²) < 4.78 is 5.87. The van der Waals surface area contributed by atoms with E-state index in [-0.39, 0.29) is 5.97 Å². The molecule has 0 bridgehead atoms. The van der Waals surface area contributed by atoms with Crippen molar-refractivity contribution in [2.45, 2.75) is 13.8 Å². The molecule has 1 heterocycles. The number of hydrogen-bond acceptors (Lipinski definition) is 2. The Morgan fingerprint density at radius 1 is 1.62 bits per heavy atom. The predicted octanol–water partition coefficient (Wildman–Crippen LogP) is 0.956. The number of hydrogen-bond donors (Lipinski definition) is 0. The van der Waals surface area contributed by atoms with Crippen LogP contribution in [0.2, 0.25) is 0 Å². The molecule has 0 radical (unpaired) electrons. The maximum absolute atomic E-state index is 11.3. The summed E-state index contributed by atoms with van der Waals surface area (Å²) in [4.78, 5) is 11.3. The van der Waals surface area contributed by atoms with Gasteiger partial charge in [0.15, 0.2) is 0 Å². The van der Waals surface area contributed by atoms with Crippen LogP contribution in [-0.4, -0.2) is 43.7 Å². The number of ether oxygens (including phenoxy) is 1. The van der Waals surface area contributed by atoms with Gasteiger partial charge < -0.3 is 9.22 Å². The SMILES string of the molecule is CCOC(=O)C1=CC[N+](C)(CC)C1. The normalized spacial score (nSPS) is 27.2. The molecule has 1 rings (SSSR count). The molecule has 1 unspecified atom stereocenters. The van der Waals surface area contributed by atoms with Crippen molar-refractivity contribution < 1.29 is 14.0 Å². The lowest BCUT2D eigenvalue weighted by atomic mass is 10.3. The van der Waals surface area contributed by atoms with Gasteiger partial charge in [-0.25, -0.2) is 4.79 Å². The van der Waals surface area contributed by atoms with Gasteiger partial charge in [0, 0.05) is 0 Å². The van der Waals surface area contributed by atoms with Crippen LogP contribution >= 0.6 is 0 Å². The van der Waals surface area contributed by atoms with E-state index in [9.17, 15) is 4.79 Å². The number of carbonyl (C=O) groups is 1. The highest BCUT2D eigenvalue weighted by atomic mass is 16.5. The Kier molecular flexibility index (Phi) is 3.09. The molecule has 1 aliphatic heterocycles. The van der Waals surface area contributed by atoms with E-state index in [4.69, 9.17) is 4.74 Å². The van der Waals surface area contributed by atoms with Gasteiger partial charge in [0.25, 0.3) is 0 Å². The molecule has 1 aliphatic rings. The molecule has 0 amide bonds. The zero-order valence-corrected chi connectivity index (χ0v) is 8.67. The van der Waals surface area contributed by atoms with E-state index in [1.54, 1.807) is 0 Å². The number of carbonyl (C=O) groups excluding carboxylic acids is 1. The van der Waals surface area contributed by atoms with Crippen molar-refractivity contribution in [1.82, 2.24) is 0 Å². The fraction of sp³-hybridized carbons (Fsp3) is 0.700. The van der Waals surface area contributed by atoms with Crippen molar-refractivity contribution in [1.29, 1.82) is 0 Å². The Labute approximate surface area is 79.6 Å². The van der Waals surface area contributed by atoms with Gasteiger partial charge in [-0.2, -0.15) is 0 Å². The van der Waals surface area contributed by atoms with Gasteiger partial charge >= 0.3 is 5.97 Å². The molecule has 0 saturated heterocycles. The topological polar surface area (TPSA) is 26.3 Å². The third-order valence-corrected chi connectivity index (χ3v) is 2.63. The van der Waals surface area contributed by atoms with Crippen LogP contribution in [0.3, 0.4) is 0 Å². The predicted molar refractivity (Wildman–Crippen MR) is 51.2 cm³/mol. The highest BCUT2D eigenvalue weighted by molar-refractivity contribution is 5.89. The molecule has 0 fully saturated rings. The Bertz CT molecular complexity index is 235. The van der Waals surface area contributed by atoms with Crippen molar-refractivity contribution in [3.8, 4) is 0 Å². The summed E-state index contributed by atoms with van der Waals surface area (Å²) in [5.41, 5.74) is 0.839. The van der Waals surface area contributed by atoms with Crippen LogP contribution in [0.5, 0.6) is 0 Å². The summed E-state index contributed by atoms with van der Waals surface area (Å²) in [7, 11) is 2.16. The first-order valence-electron chi connectivity index (χ1n) is 4.81. The lowest BCUT2D eigenvalue weighted by Gasteiger charge is -2.27. The zero-order valence-electron chi connectivity index (χ0n) is 8.67. The molecule has 0 aromatic heterocycles. The molecule has 0 spiro atoms. The van der Waals surface area contributed by atoms with Crippen molar-refractivity contribution in [3.63, 3.8) is 0 Å². The lowest BCUT2D eigenvalue weighted by Crippen LogP contribution is -2.42. The van der Waals surface area contributed by atoms with Crippen LogP contribution in [0.25, 0.3) is 0 Å². The fourth-order valence-corrected chi connectivity index (χ4v) is 1.48. The molecule has 0 aliphatic carbocycles. The molecule has 74 valence electrons. The minimum Gasteiger partial charge on any atom is -0.462 e. The molecular formula is C10H18NO2+. The largest absolute Gasteiger partial charge is 0.462 e. The first kappa shape index (κ1) is 10.3. The van der Waals surface area contributed by atoms with E-state index < -0.39 is 0 Å². The average molecular weight is 184 g/mol. The van der Waals surface area contributed by atoms with Crippen molar-refractivity contribution >= 4 is 5.97 Å². The van der Waals surface area contributed by atoms with Crippen molar-refractivity contribution in [2.24, 2.45) is 0 Å². The summed E-state index contributed by atoms with van der Waals surface area (Å²) in [5.74, 6) is -0.141. The Morgan fingerprint density at radius 2 is 2.31 bits per heavy atom.